The second kappa shape index (κ2) is 38.0. The number of carbonyl (C=O) groups excluding carboxylic acids is 2. The first-order chi connectivity index (χ1) is 26.5. The number of allylic oxidation sites excluding steroid dienone is 4. The van der Waals surface area contributed by atoms with Crippen LogP contribution in [0.5, 0.6) is 0 Å². The minimum absolute atomic E-state index is 0.0319. The lowest BCUT2D eigenvalue weighted by molar-refractivity contribution is -0.870. The maximum absolute atomic E-state index is 12.7. The Morgan fingerprint density at radius 3 is 1.35 bits per heavy atom. The molecule has 0 saturated heterocycles. The highest BCUT2D eigenvalue weighted by atomic mass is 31.2. The molecule has 0 aliphatic carbocycles. The molecule has 0 bridgehead atoms. The van der Waals surface area contributed by atoms with Crippen molar-refractivity contribution in [1.82, 2.24) is 0 Å². The summed E-state index contributed by atoms with van der Waals surface area (Å²) in [4.78, 5) is 37.5. The Morgan fingerprint density at radius 1 is 0.545 bits per heavy atom. The molecule has 0 N–H and O–H groups in total. The van der Waals surface area contributed by atoms with E-state index in [9.17, 15) is 19.0 Å². The molecule has 324 valence electrons. The average Bonchev–Trinajstić information content (AvgIpc) is 3.13. The molecule has 0 fully saturated rings. The van der Waals surface area contributed by atoms with Gasteiger partial charge >= 0.3 is 11.9 Å². The Kier molecular flexibility index (Phi) is 37.0. The highest BCUT2D eigenvalue weighted by Crippen LogP contribution is 2.38. The van der Waals surface area contributed by atoms with Gasteiger partial charge in [-0.2, -0.15) is 0 Å². The van der Waals surface area contributed by atoms with Crippen molar-refractivity contribution in [2.75, 3.05) is 47.5 Å². The third-order valence-corrected chi connectivity index (χ3v) is 10.7. The smallest absolute Gasteiger partial charge is 0.306 e. The van der Waals surface area contributed by atoms with Gasteiger partial charge in [-0.1, -0.05) is 147 Å². The summed E-state index contributed by atoms with van der Waals surface area (Å²) >= 11 is 0. The molecule has 0 saturated carbocycles. The number of ether oxygens (including phenoxy) is 2. The van der Waals surface area contributed by atoms with Gasteiger partial charge in [0.1, 0.15) is 19.8 Å². The van der Waals surface area contributed by atoms with Crippen molar-refractivity contribution in [3.05, 3.63) is 24.3 Å². The van der Waals surface area contributed by atoms with Gasteiger partial charge in [-0.25, -0.2) is 0 Å². The van der Waals surface area contributed by atoms with Gasteiger partial charge in [0.05, 0.1) is 27.7 Å². The number of likely N-dealkylation sites (N-methyl/N-ethyl adjacent to an activating group) is 1. The van der Waals surface area contributed by atoms with Crippen molar-refractivity contribution in [1.29, 1.82) is 0 Å². The minimum Gasteiger partial charge on any atom is -0.756 e. The first-order valence-electron chi connectivity index (χ1n) is 22.5. The molecule has 55 heavy (non-hydrogen) atoms. The molecule has 0 rings (SSSR count). The summed E-state index contributed by atoms with van der Waals surface area (Å²) in [6.45, 7) is 4.21. The van der Waals surface area contributed by atoms with E-state index in [0.717, 1.165) is 64.2 Å². The van der Waals surface area contributed by atoms with Crippen LogP contribution in [0.3, 0.4) is 0 Å². The molecule has 0 radical (unpaired) electrons. The van der Waals surface area contributed by atoms with Crippen molar-refractivity contribution in [2.24, 2.45) is 0 Å². The quantitative estimate of drug-likeness (QED) is 0.0198. The van der Waals surface area contributed by atoms with E-state index in [0.29, 0.717) is 17.4 Å². The number of nitrogens with zero attached hydrogens (tertiary/aromatic N) is 1. The van der Waals surface area contributed by atoms with Crippen LogP contribution in [0.4, 0.5) is 0 Å². The number of rotatable bonds is 41. The number of unbranched alkanes of at least 4 members (excludes halogenated alkanes) is 23. The fraction of sp³-hybridized carbons (Fsp3) is 0.867. The zero-order valence-corrected chi connectivity index (χ0v) is 37.3. The molecule has 0 aliphatic rings. The number of phosphoric ester groups is 1. The second-order valence-electron chi connectivity index (χ2n) is 16.4. The molecule has 9 nitrogen and oxygen atoms in total. The van der Waals surface area contributed by atoms with E-state index in [1.807, 2.05) is 21.1 Å². The Balaban J connectivity index is 4.34. The molecule has 0 aliphatic heterocycles. The van der Waals surface area contributed by atoms with Gasteiger partial charge in [0, 0.05) is 12.8 Å². The van der Waals surface area contributed by atoms with Crippen LogP contribution in [0, 0.1) is 0 Å². The van der Waals surface area contributed by atoms with E-state index >= 15 is 0 Å². The topological polar surface area (TPSA) is 111 Å². The molecular weight excluding hydrogens is 713 g/mol. The standard InChI is InChI=1S/C45H86NO8P/c1-6-8-10-12-14-16-18-20-22-23-24-26-27-29-31-33-35-37-44(47)51-41-43(42-53-55(49,50)52-40-39-46(3,4)5)54-45(48)38-36-34-32-30-28-25-21-19-17-15-13-11-9-7-2/h19-22,43H,6-18,23-42H2,1-5H3/b21-19-,22-20-/t43-/m1/s1. The van der Waals surface area contributed by atoms with Gasteiger partial charge < -0.3 is 27.9 Å². The van der Waals surface area contributed by atoms with Crippen LogP contribution in [0.1, 0.15) is 200 Å². The van der Waals surface area contributed by atoms with Gasteiger partial charge in [-0.3, -0.25) is 14.2 Å². The summed E-state index contributed by atoms with van der Waals surface area (Å²) in [5.41, 5.74) is 0. The molecule has 0 spiro atoms. The van der Waals surface area contributed by atoms with Crippen molar-refractivity contribution < 1.29 is 42.1 Å². The van der Waals surface area contributed by atoms with E-state index in [1.165, 1.54) is 103 Å². The monoisotopic (exact) mass is 800 g/mol. The SMILES string of the molecule is CCCCCCC/C=C\CCCCCCCC(=O)O[C@H](COC(=O)CCCCCCCCC/C=C\CCCCCCCC)COP(=O)([O-])OCC[N+](C)(C)C. The van der Waals surface area contributed by atoms with Gasteiger partial charge in [0.15, 0.2) is 6.10 Å². The van der Waals surface area contributed by atoms with Crippen molar-refractivity contribution in [3.63, 3.8) is 0 Å². The molecule has 0 aromatic heterocycles. The van der Waals surface area contributed by atoms with Crippen LogP contribution in [-0.4, -0.2) is 70.0 Å². The Morgan fingerprint density at radius 2 is 0.927 bits per heavy atom. The third kappa shape index (κ3) is 41.9. The van der Waals surface area contributed by atoms with Gasteiger partial charge in [-0.05, 0) is 64.2 Å². The van der Waals surface area contributed by atoms with Crippen molar-refractivity contribution in [2.45, 2.75) is 206 Å². The van der Waals surface area contributed by atoms with Crippen LogP contribution >= 0.6 is 7.82 Å². The summed E-state index contributed by atoms with van der Waals surface area (Å²) in [5.74, 6) is -0.845. The molecule has 1 unspecified atom stereocenters. The predicted octanol–water partition coefficient (Wildman–Crippen LogP) is 12.1. The zero-order chi connectivity index (χ0) is 40.7. The summed E-state index contributed by atoms with van der Waals surface area (Å²) in [5, 5.41) is 0. The summed E-state index contributed by atoms with van der Waals surface area (Å²) in [6, 6.07) is 0. The van der Waals surface area contributed by atoms with Crippen LogP contribution in [0.25, 0.3) is 0 Å². The number of esters is 2. The normalized spacial score (nSPS) is 13.8. The van der Waals surface area contributed by atoms with E-state index in [4.69, 9.17) is 18.5 Å². The summed E-state index contributed by atoms with van der Waals surface area (Å²) in [6.07, 6.45) is 40.5. The third-order valence-electron chi connectivity index (χ3n) is 9.69. The maximum Gasteiger partial charge on any atom is 0.306 e. The molecule has 0 heterocycles. The van der Waals surface area contributed by atoms with Crippen LogP contribution in [-0.2, 0) is 32.7 Å². The zero-order valence-electron chi connectivity index (χ0n) is 36.4. The number of phosphoric acid groups is 1. The Bertz CT molecular complexity index is 996. The molecular formula is C45H86NO8P. The maximum atomic E-state index is 12.7. The Labute approximate surface area is 339 Å². The number of quaternary nitrogens is 1. The second-order valence-corrected chi connectivity index (χ2v) is 17.8. The minimum atomic E-state index is -4.62. The Hall–Kier alpha value is -1.51. The van der Waals surface area contributed by atoms with E-state index in [-0.39, 0.29) is 32.0 Å². The first-order valence-corrected chi connectivity index (χ1v) is 24.0. The van der Waals surface area contributed by atoms with Crippen LogP contribution in [0.15, 0.2) is 24.3 Å². The van der Waals surface area contributed by atoms with E-state index in [2.05, 4.69) is 38.2 Å². The summed E-state index contributed by atoms with van der Waals surface area (Å²) < 4.78 is 33.9. The molecule has 0 aromatic carbocycles. The van der Waals surface area contributed by atoms with E-state index in [1.54, 1.807) is 0 Å². The van der Waals surface area contributed by atoms with Crippen molar-refractivity contribution in [3.8, 4) is 0 Å². The molecule has 2 atom stereocenters. The highest BCUT2D eigenvalue weighted by Gasteiger charge is 2.21. The largest absolute Gasteiger partial charge is 0.756 e. The number of carbonyl (C=O) groups is 2. The average molecular weight is 800 g/mol. The fourth-order valence-electron chi connectivity index (χ4n) is 6.11. The molecule has 10 heteroatoms. The lowest BCUT2D eigenvalue weighted by Crippen LogP contribution is -2.37. The highest BCUT2D eigenvalue weighted by molar-refractivity contribution is 7.45. The van der Waals surface area contributed by atoms with E-state index < -0.39 is 26.5 Å². The molecule has 0 amide bonds. The fourth-order valence-corrected chi connectivity index (χ4v) is 6.84. The van der Waals surface area contributed by atoms with Crippen LogP contribution < -0.4 is 4.89 Å². The first kappa shape index (κ1) is 53.5. The van der Waals surface area contributed by atoms with Crippen molar-refractivity contribution >= 4 is 19.8 Å². The number of hydrogen-bond acceptors (Lipinski definition) is 8. The van der Waals surface area contributed by atoms with Gasteiger partial charge in [0.2, 0.25) is 0 Å². The summed E-state index contributed by atoms with van der Waals surface area (Å²) in [7, 11) is 1.16. The van der Waals surface area contributed by atoms with Gasteiger partial charge in [-0.15, -0.1) is 0 Å². The molecule has 0 aromatic rings. The lowest BCUT2D eigenvalue weighted by atomic mass is 10.1. The predicted molar refractivity (Wildman–Crippen MR) is 227 cm³/mol. The van der Waals surface area contributed by atoms with Crippen LogP contribution in [0.2, 0.25) is 0 Å². The number of hydrogen-bond donors (Lipinski definition) is 0. The van der Waals surface area contributed by atoms with Gasteiger partial charge in [0.25, 0.3) is 7.82 Å². The lowest BCUT2D eigenvalue weighted by Gasteiger charge is -2.28.